The molecule has 2 aromatic heterocycles. The highest BCUT2D eigenvalue weighted by atomic mass is 19.1. The number of aromatic hydroxyl groups is 1. The number of aromatic carboxylic acids is 1. The molecule has 0 fully saturated rings. The van der Waals surface area contributed by atoms with Gasteiger partial charge in [0.2, 0.25) is 0 Å². The Morgan fingerprint density at radius 1 is 1.25 bits per heavy atom. The van der Waals surface area contributed by atoms with Crippen LogP contribution in [-0.2, 0) is 0 Å². The van der Waals surface area contributed by atoms with Gasteiger partial charge in [0.15, 0.2) is 5.69 Å². The molecule has 6 heteroatoms. The first-order chi connectivity index (χ1) is 9.58. The second-order valence-electron chi connectivity index (χ2n) is 4.21. The van der Waals surface area contributed by atoms with E-state index in [9.17, 15) is 14.3 Å². The molecule has 2 N–H and O–H groups in total. The Morgan fingerprint density at radius 2 is 2.00 bits per heavy atom. The van der Waals surface area contributed by atoms with Crippen LogP contribution in [0.5, 0.6) is 5.75 Å². The Kier molecular flexibility index (Phi) is 2.64. The van der Waals surface area contributed by atoms with Crippen molar-refractivity contribution in [1.82, 2.24) is 9.38 Å². The zero-order valence-electron chi connectivity index (χ0n) is 10.1. The average molecular weight is 272 g/mol. The summed E-state index contributed by atoms with van der Waals surface area (Å²) in [5.41, 5.74) is 0.163. The van der Waals surface area contributed by atoms with Crippen LogP contribution in [0.15, 0.2) is 42.6 Å². The number of rotatable bonds is 2. The first-order valence-electron chi connectivity index (χ1n) is 5.77. The van der Waals surface area contributed by atoms with Crippen LogP contribution in [0.4, 0.5) is 4.39 Å². The summed E-state index contributed by atoms with van der Waals surface area (Å²) in [5, 5.41) is 18.6. The van der Waals surface area contributed by atoms with E-state index >= 15 is 0 Å². The lowest BCUT2D eigenvalue weighted by Crippen LogP contribution is -1.97. The Bertz CT molecular complexity index is 826. The van der Waals surface area contributed by atoms with Gasteiger partial charge >= 0.3 is 5.97 Å². The van der Waals surface area contributed by atoms with E-state index in [1.54, 1.807) is 12.1 Å². The normalized spacial score (nSPS) is 10.8. The largest absolute Gasteiger partial charge is 0.508 e. The number of pyridine rings is 1. The van der Waals surface area contributed by atoms with Crippen molar-refractivity contribution < 1.29 is 19.4 Å². The standard InChI is InChI=1S/C14H9FN2O3/c15-10-4-2-1-3-9(10)13-16-12(14(19)20)11-7-8(18)5-6-17(11)13/h1-7,18H,(H,19,20). The van der Waals surface area contributed by atoms with Gasteiger partial charge in [0.1, 0.15) is 17.4 Å². The van der Waals surface area contributed by atoms with E-state index in [2.05, 4.69) is 4.98 Å². The lowest BCUT2D eigenvalue weighted by molar-refractivity contribution is 0.0693. The third kappa shape index (κ3) is 1.78. The molecule has 2 heterocycles. The fraction of sp³-hybridized carbons (Fsp3) is 0. The maximum atomic E-state index is 13.8. The molecule has 0 saturated carbocycles. The lowest BCUT2D eigenvalue weighted by atomic mass is 10.2. The summed E-state index contributed by atoms with van der Waals surface area (Å²) in [7, 11) is 0. The molecule has 0 unspecified atom stereocenters. The SMILES string of the molecule is O=C(O)c1nc(-c2ccccc2F)n2ccc(O)cc12. The molecule has 0 radical (unpaired) electrons. The number of benzene rings is 1. The van der Waals surface area contributed by atoms with Crippen LogP contribution in [0.2, 0.25) is 0 Å². The van der Waals surface area contributed by atoms with Crippen molar-refractivity contribution in [3.63, 3.8) is 0 Å². The van der Waals surface area contributed by atoms with Crippen molar-refractivity contribution in [2.24, 2.45) is 0 Å². The van der Waals surface area contributed by atoms with Gasteiger partial charge in [-0.1, -0.05) is 12.1 Å². The first kappa shape index (κ1) is 12.2. The molecule has 3 aromatic rings. The molecule has 100 valence electrons. The quantitative estimate of drug-likeness (QED) is 0.751. The number of carboxylic acids is 1. The summed E-state index contributed by atoms with van der Waals surface area (Å²) in [4.78, 5) is 15.2. The molecule has 0 aliphatic carbocycles. The topological polar surface area (TPSA) is 74.8 Å². The summed E-state index contributed by atoms with van der Waals surface area (Å²) in [5.74, 6) is -1.64. The van der Waals surface area contributed by atoms with Gasteiger partial charge in [0, 0.05) is 12.3 Å². The van der Waals surface area contributed by atoms with Gasteiger partial charge in [-0.05, 0) is 18.2 Å². The van der Waals surface area contributed by atoms with Crippen LogP contribution < -0.4 is 0 Å². The molecule has 0 aliphatic rings. The number of hydrogen-bond acceptors (Lipinski definition) is 3. The molecule has 20 heavy (non-hydrogen) atoms. The molecule has 1 aromatic carbocycles. The summed E-state index contributed by atoms with van der Waals surface area (Å²) >= 11 is 0. The molecule has 0 saturated heterocycles. The highest BCUT2D eigenvalue weighted by molar-refractivity contribution is 5.95. The maximum Gasteiger partial charge on any atom is 0.356 e. The fourth-order valence-electron chi connectivity index (χ4n) is 2.06. The second-order valence-corrected chi connectivity index (χ2v) is 4.21. The van der Waals surface area contributed by atoms with E-state index in [0.717, 1.165) is 0 Å². The highest BCUT2D eigenvalue weighted by Crippen LogP contribution is 2.26. The van der Waals surface area contributed by atoms with Crippen molar-refractivity contribution in [1.29, 1.82) is 0 Å². The minimum Gasteiger partial charge on any atom is -0.508 e. The molecular weight excluding hydrogens is 263 g/mol. The molecule has 0 bridgehead atoms. The smallest absolute Gasteiger partial charge is 0.356 e. The molecule has 0 aliphatic heterocycles. The third-order valence-corrected chi connectivity index (χ3v) is 2.94. The van der Waals surface area contributed by atoms with E-state index in [1.807, 2.05) is 0 Å². The monoisotopic (exact) mass is 272 g/mol. The number of nitrogens with zero attached hydrogens (tertiary/aromatic N) is 2. The number of hydrogen-bond donors (Lipinski definition) is 2. The summed E-state index contributed by atoms with van der Waals surface area (Å²) < 4.78 is 15.3. The number of halogens is 1. The second kappa shape index (κ2) is 4.34. The van der Waals surface area contributed by atoms with Gasteiger partial charge in [0.25, 0.3) is 0 Å². The molecular formula is C14H9FN2O3. The van der Waals surface area contributed by atoms with Crippen LogP contribution in [0, 0.1) is 5.82 Å². The Balaban J connectivity index is 2.38. The predicted octanol–water partition coefficient (Wildman–Crippen LogP) is 2.54. The summed E-state index contributed by atoms with van der Waals surface area (Å²) in [6, 6.07) is 8.63. The van der Waals surface area contributed by atoms with Crippen molar-refractivity contribution in [2.45, 2.75) is 0 Å². The van der Waals surface area contributed by atoms with Crippen LogP contribution in [0.25, 0.3) is 16.9 Å². The van der Waals surface area contributed by atoms with Gasteiger partial charge in [-0.3, -0.25) is 4.40 Å². The lowest BCUT2D eigenvalue weighted by Gasteiger charge is -2.02. The Labute approximate surface area is 112 Å². The highest BCUT2D eigenvalue weighted by Gasteiger charge is 2.19. The minimum absolute atomic E-state index is 0.0833. The molecule has 0 amide bonds. The Hall–Kier alpha value is -2.89. The van der Waals surface area contributed by atoms with E-state index in [0.29, 0.717) is 0 Å². The van der Waals surface area contributed by atoms with Gasteiger partial charge in [0.05, 0.1) is 11.1 Å². The maximum absolute atomic E-state index is 13.8. The van der Waals surface area contributed by atoms with Gasteiger partial charge in [-0.25, -0.2) is 14.2 Å². The Morgan fingerprint density at radius 3 is 2.70 bits per heavy atom. The number of aromatic nitrogens is 2. The van der Waals surface area contributed by atoms with Crippen molar-refractivity contribution in [3.05, 3.63) is 54.1 Å². The summed E-state index contributed by atoms with van der Waals surface area (Å²) in [6.45, 7) is 0. The van der Waals surface area contributed by atoms with Gasteiger partial charge < -0.3 is 10.2 Å². The first-order valence-corrected chi connectivity index (χ1v) is 5.77. The van der Waals surface area contributed by atoms with Crippen LogP contribution >= 0.6 is 0 Å². The van der Waals surface area contributed by atoms with Crippen LogP contribution in [-0.4, -0.2) is 25.6 Å². The fourth-order valence-corrected chi connectivity index (χ4v) is 2.06. The van der Waals surface area contributed by atoms with E-state index in [4.69, 9.17) is 5.11 Å². The molecule has 5 nitrogen and oxygen atoms in total. The van der Waals surface area contributed by atoms with E-state index in [-0.39, 0.29) is 28.3 Å². The average Bonchev–Trinajstić information content (AvgIpc) is 2.78. The minimum atomic E-state index is -1.24. The molecule has 0 spiro atoms. The van der Waals surface area contributed by atoms with E-state index in [1.165, 1.54) is 34.9 Å². The number of carboxylic acid groups (broad SMARTS) is 1. The van der Waals surface area contributed by atoms with Crippen molar-refractivity contribution in [2.75, 3.05) is 0 Å². The third-order valence-electron chi connectivity index (χ3n) is 2.94. The van der Waals surface area contributed by atoms with Gasteiger partial charge in [-0.15, -0.1) is 0 Å². The van der Waals surface area contributed by atoms with Crippen molar-refractivity contribution in [3.8, 4) is 17.1 Å². The summed E-state index contributed by atoms with van der Waals surface area (Å²) in [6.07, 6.45) is 1.45. The van der Waals surface area contributed by atoms with Crippen LogP contribution in [0.1, 0.15) is 10.5 Å². The predicted molar refractivity (Wildman–Crippen MR) is 69.2 cm³/mol. The number of carbonyl (C=O) groups is 1. The van der Waals surface area contributed by atoms with Crippen molar-refractivity contribution >= 4 is 11.5 Å². The number of fused-ring (bicyclic) bond motifs is 1. The van der Waals surface area contributed by atoms with E-state index < -0.39 is 11.8 Å². The molecule has 3 rings (SSSR count). The van der Waals surface area contributed by atoms with Crippen LogP contribution in [0.3, 0.4) is 0 Å². The zero-order chi connectivity index (χ0) is 14.3. The number of imidazole rings is 1. The van der Waals surface area contributed by atoms with Gasteiger partial charge in [-0.2, -0.15) is 0 Å². The zero-order valence-corrected chi connectivity index (χ0v) is 10.1. The molecule has 0 atom stereocenters.